The summed E-state index contributed by atoms with van der Waals surface area (Å²) >= 11 is 2.25. The van der Waals surface area contributed by atoms with Crippen LogP contribution < -0.4 is 21.3 Å². The van der Waals surface area contributed by atoms with Crippen LogP contribution in [0.1, 0.15) is 56.9 Å². The van der Waals surface area contributed by atoms with Gasteiger partial charge in [0.1, 0.15) is 5.75 Å². The number of anilines is 4. The molecular weight excluding hydrogens is 505 g/mol. The fraction of sp³-hybridized carbons (Fsp3) is 0.591. The predicted molar refractivity (Wildman–Crippen MR) is 134 cm³/mol. The van der Waals surface area contributed by atoms with Crippen molar-refractivity contribution in [3.05, 3.63) is 23.8 Å². The lowest BCUT2D eigenvalue weighted by atomic mass is 10.1. The number of halogens is 1. The van der Waals surface area contributed by atoms with E-state index in [1.807, 2.05) is 12.1 Å². The number of alkyl halides is 1. The number of aromatic hydroxyl groups is 1. The molecule has 2 aliphatic rings. The van der Waals surface area contributed by atoms with Crippen LogP contribution in [0.25, 0.3) is 0 Å². The van der Waals surface area contributed by atoms with Crippen LogP contribution in [0.15, 0.2) is 18.2 Å². The molecule has 4 rings (SSSR count). The molecule has 0 spiro atoms. The summed E-state index contributed by atoms with van der Waals surface area (Å²) in [5.41, 5.74) is 1.73. The number of phenolic OH excluding ortho intramolecular Hbond substituents is 1. The largest absolute Gasteiger partial charge is 0.508 e. The van der Waals surface area contributed by atoms with E-state index in [0.29, 0.717) is 35.7 Å². The first-order valence-electron chi connectivity index (χ1n) is 11.3. The molecule has 0 atom stereocenters. The van der Waals surface area contributed by atoms with Crippen molar-refractivity contribution in [3.63, 3.8) is 0 Å². The third-order valence-corrected chi connectivity index (χ3v) is 6.80. The summed E-state index contributed by atoms with van der Waals surface area (Å²) in [4.78, 5) is 14.0. The second-order valence-corrected chi connectivity index (χ2v) is 9.17. The molecule has 0 radical (unpaired) electrons. The van der Waals surface area contributed by atoms with Crippen LogP contribution in [0.5, 0.6) is 5.75 Å². The zero-order chi connectivity index (χ0) is 21.5. The highest BCUT2D eigenvalue weighted by Gasteiger charge is 2.18. The fourth-order valence-corrected chi connectivity index (χ4v) is 4.83. The minimum atomic E-state index is 0.305. The molecule has 1 aromatic carbocycles. The van der Waals surface area contributed by atoms with Crippen molar-refractivity contribution in [2.24, 2.45) is 0 Å². The maximum absolute atomic E-state index is 9.98. The van der Waals surface area contributed by atoms with Gasteiger partial charge in [0.15, 0.2) is 0 Å². The summed E-state index contributed by atoms with van der Waals surface area (Å²) < 4.78 is 0.729. The van der Waals surface area contributed by atoms with E-state index >= 15 is 0 Å². The van der Waals surface area contributed by atoms with Gasteiger partial charge in [0.05, 0.1) is 0 Å². The zero-order valence-electron chi connectivity index (χ0n) is 17.8. The van der Waals surface area contributed by atoms with Crippen molar-refractivity contribution in [1.82, 2.24) is 20.3 Å². The van der Waals surface area contributed by atoms with E-state index in [2.05, 4.69) is 53.8 Å². The summed E-state index contributed by atoms with van der Waals surface area (Å²) in [7, 11) is 0. The Labute approximate surface area is 197 Å². The maximum Gasteiger partial charge on any atom is 0.233 e. The second-order valence-electron chi connectivity index (χ2n) is 8.41. The lowest BCUT2D eigenvalue weighted by molar-refractivity contribution is 0.471. The molecule has 2 fully saturated rings. The van der Waals surface area contributed by atoms with Crippen LogP contribution in [-0.4, -0.2) is 45.2 Å². The van der Waals surface area contributed by atoms with Gasteiger partial charge in [0.25, 0.3) is 0 Å². The summed E-state index contributed by atoms with van der Waals surface area (Å²) in [6, 6.07) is 6.25. The molecule has 1 aliphatic heterocycles. The number of rotatable bonds is 7. The number of nitrogens with zero attached hydrogens (tertiary/aromatic N) is 3. The van der Waals surface area contributed by atoms with Gasteiger partial charge in [-0.2, -0.15) is 15.0 Å². The number of nitrogens with one attached hydrogen (secondary N) is 4. The third kappa shape index (κ3) is 6.55. The van der Waals surface area contributed by atoms with E-state index in [1.165, 1.54) is 25.7 Å². The Hall–Kier alpha value is -1.88. The number of benzene rings is 1. The lowest BCUT2D eigenvalue weighted by Gasteiger charge is -2.24. The molecule has 1 aliphatic carbocycles. The summed E-state index contributed by atoms with van der Waals surface area (Å²) in [5.74, 6) is 2.04. The summed E-state index contributed by atoms with van der Waals surface area (Å²) in [5, 5.41) is 23.7. The molecule has 1 aromatic heterocycles. The number of hydrogen-bond acceptors (Lipinski definition) is 8. The minimum absolute atomic E-state index is 0.305. The maximum atomic E-state index is 9.98. The first-order chi connectivity index (χ1) is 15.2. The Kier molecular flexibility index (Phi) is 8.01. The van der Waals surface area contributed by atoms with Crippen molar-refractivity contribution in [1.29, 1.82) is 0 Å². The van der Waals surface area contributed by atoms with Gasteiger partial charge in [0, 0.05) is 27.8 Å². The Morgan fingerprint density at radius 2 is 1.48 bits per heavy atom. The van der Waals surface area contributed by atoms with Gasteiger partial charge in [-0.25, -0.2) is 0 Å². The van der Waals surface area contributed by atoms with Crippen LogP contribution >= 0.6 is 22.6 Å². The molecule has 9 heteroatoms. The van der Waals surface area contributed by atoms with Gasteiger partial charge in [-0.1, -0.05) is 48.3 Å². The molecule has 0 unspecified atom stereocenters. The van der Waals surface area contributed by atoms with Crippen molar-refractivity contribution in [3.8, 4) is 5.75 Å². The number of hydrogen-bond donors (Lipinski definition) is 5. The number of aromatic nitrogens is 3. The van der Waals surface area contributed by atoms with Gasteiger partial charge in [-0.15, -0.1) is 0 Å². The van der Waals surface area contributed by atoms with Crippen molar-refractivity contribution in [2.75, 3.05) is 29.0 Å². The van der Waals surface area contributed by atoms with Crippen LogP contribution in [0.3, 0.4) is 0 Å². The molecule has 2 heterocycles. The molecule has 1 saturated carbocycles. The Morgan fingerprint density at radius 1 is 0.871 bits per heavy atom. The SMILES string of the molecule is Oc1ccc(Nc2nc(NC3CCCCCC3)nc(NC3CCNCC3)n2)cc1CI. The highest BCUT2D eigenvalue weighted by Crippen LogP contribution is 2.26. The Balaban J connectivity index is 1.55. The monoisotopic (exact) mass is 537 g/mol. The lowest BCUT2D eigenvalue weighted by Crippen LogP contribution is -2.36. The van der Waals surface area contributed by atoms with E-state index in [0.717, 1.165) is 54.5 Å². The van der Waals surface area contributed by atoms with Crippen LogP contribution in [0, 0.1) is 0 Å². The van der Waals surface area contributed by atoms with E-state index in [4.69, 9.17) is 4.98 Å². The molecule has 1 saturated heterocycles. The highest BCUT2D eigenvalue weighted by molar-refractivity contribution is 14.1. The van der Waals surface area contributed by atoms with Gasteiger partial charge in [-0.3, -0.25) is 0 Å². The molecule has 2 aromatic rings. The minimum Gasteiger partial charge on any atom is -0.508 e. The van der Waals surface area contributed by atoms with Crippen LogP contribution in [0.2, 0.25) is 0 Å². The Bertz CT molecular complexity index is 852. The van der Waals surface area contributed by atoms with Crippen LogP contribution in [-0.2, 0) is 4.43 Å². The van der Waals surface area contributed by atoms with Gasteiger partial charge >= 0.3 is 0 Å². The first-order valence-corrected chi connectivity index (χ1v) is 12.9. The van der Waals surface area contributed by atoms with Gasteiger partial charge in [0.2, 0.25) is 17.8 Å². The quantitative estimate of drug-likeness (QED) is 0.152. The molecule has 5 N–H and O–H groups in total. The predicted octanol–water partition coefficient (Wildman–Crippen LogP) is 4.55. The van der Waals surface area contributed by atoms with Crippen molar-refractivity contribution in [2.45, 2.75) is 67.9 Å². The normalized spacial score (nSPS) is 18.4. The smallest absolute Gasteiger partial charge is 0.233 e. The summed E-state index contributed by atoms with van der Waals surface area (Å²) in [6.45, 7) is 2.02. The van der Waals surface area contributed by atoms with Crippen molar-refractivity contribution >= 4 is 46.1 Å². The topological polar surface area (TPSA) is 107 Å². The summed E-state index contributed by atoms with van der Waals surface area (Å²) in [6.07, 6.45) is 9.54. The number of piperidine rings is 1. The highest BCUT2D eigenvalue weighted by atomic mass is 127. The van der Waals surface area contributed by atoms with E-state index in [1.54, 1.807) is 6.07 Å². The average Bonchev–Trinajstić information content (AvgIpc) is 3.04. The van der Waals surface area contributed by atoms with E-state index in [9.17, 15) is 5.11 Å². The molecule has 168 valence electrons. The van der Waals surface area contributed by atoms with Gasteiger partial charge in [-0.05, 0) is 57.0 Å². The fourth-order valence-electron chi connectivity index (χ4n) is 4.22. The van der Waals surface area contributed by atoms with E-state index < -0.39 is 0 Å². The molecule has 8 nitrogen and oxygen atoms in total. The second kappa shape index (κ2) is 11.1. The average molecular weight is 537 g/mol. The number of phenols is 1. The van der Waals surface area contributed by atoms with Crippen LogP contribution in [0.4, 0.5) is 23.5 Å². The molecule has 0 amide bonds. The molecule has 31 heavy (non-hydrogen) atoms. The third-order valence-electron chi connectivity index (χ3n) is 5.98. The Morgan fingerprint density at radius 3 is 2.13 bits per heavy atom. The molecule has 0 bridgehead atoms. The van der Waals surface area contributed by atoms with E-state index in [-0.39, 0.29) is 0 Å². The molecular formula is C22H32IN7O. The first kappa shape index (κ1) is 22.3. The standard InChI is InChI=1S/C22H32IN7O/c23-14-15-13-18(7-8-19(15)31)27-22-29-20(25-16-5-3-1-2-4-6-16)28-21(30-22)26-17-9-11-24-12-10-17/h7-8,13,16-17,24,31H,1-6,9-12,14H2,(H3,25,26,27,28,29,30). The van der Waals surface area contributed by atoms with Gasteiger partial charge < -0.3 is 26.4 Å². The van der Waals surface area contributed by atoms with Crippen molar-refractivity contribution < 1.29 is 5.11 Å². The zero-order valence-corrected chi connectivity index (χ0v) is 20.0.